The lowest BCUT2D eigenvalue weighted by atomic mass is 9.90. The lowest BCUT2D eigenvalue weighted by Crippen LogP contribution is -2.43. The van der Waals surface area contributed by atoms with E-state index in [0.29, 0.717) is 5.41 Å². The predicted molar refractivity (Wildman–Crippen MR) is 39.7 cm³/mol. The van der Waals surface area contributed by atoms with Crippen molar-refractivity contribution >= 4 is 0 Å². The Morgan fingerprint density at radius 1 is 1.60 bits per heavy atom. The molecular weight excluding hydrogens is 128 g/mol. The van der Waals surface area contributed by atoms with Gasteiger partial charge >= 0.3 is 0 Å². The molecule has 0 aromatic heterocycles. The maximum atomic E-state index is 5.35. The van der Waals surface area contributed by atoms with Gasteiger partial charge in [-0.2, -0.15) is 0 Å². The molecule has 0 atom stereocenters. The van der Waals surface area contributed by atoms with Gasteiger partial charge in [0.1, 0.15) is 0 Å². The molecule has 1 fully saturated rings. The molecule has 1 saturated heterocycles. The van der Waals surface area contributed by atoms with E-state index in [1.807, 2.05) is 0 Å². The van der Waals surface area contributed by atoms with Gasteiger partial charge in [0.25, 0.3) is 0 Å². The van der Waals surface area contributed by atoms with E-state index in [1.165, 1.54) is 0 Å². The Bertz CT molecular complexity index is 97.4. The third kappa shape index (κ3) is 1.96. The van der Waals surface area contributed by atoms with Crippen molar-refractivity contribution in [3.8, 4) is 0 Å². The van der Waals surface area contributed by atoms with Gasteiger partial charge in [-0.25, -0.2) is 0 Å². The van der Waals surface area contributed by atoms with Crippen molar-refractivity contribution < 1.29 is 9.47 Å². The average Bonchev–Trinajstić information content (AvgIpc) is 1.85. The molecule has 1 aliphatic rings. The summed E-state index contributed by atoms with van der Waals surface area (Å²) in [5, 5.41) is 0. The molecule has 1 radical (unpaired) electrons. The first kappa shape index (κ1) is 8.02. The van der Waals surface area contributed by atoms with Gasteiger partial charge in [0.05, 0.1) is 19.8 Å². The van der Waals surface area contributed by atoms with Crippen LogP contribution < -0.4 is 0 Å². The Labute approximate surface area is 62.5 Å². The Kier molecular flexibility index (Phi) is 2.69. The van der Waals surface area contributed by atoms with E-state index >= 15 is 0 Å². The van der Waals surface area contributed by atoms with Gasteiger partial charge < -0.3 is 9.47 Å². The third-order valence-electron chi connectivity index (χ3n) is 1.64. The van der Waals surface area contributed by atoms with Crippen LogP contribution in [0, 0.1) is 12.3 Å². The molecule has 0 spiro atoms. The molecule has 0 aromatic carbocycles. The van der Waals surface area contributed by atoms with Crippen LogP contribution in [0.25, 0.3) is 0 Å². The minimum Gasteiger partial charge on any atom is -0.381 e. The molecule has 0 aliphatic carbocycles. The minimum absolute atomic E-state index is 0.301. The summed E-state index contributed by atoms with van der Waals surface area (Å²) in [7, 11) is 0. The van der Waals surface area contributed by atoms with Gasteiger partial charge in [-0.15, -0.1) is 0 Å². The molecule has 1 aliphatic heterocycles. The Balaban J connectivity index is 2.01. The maximum Gasteiger partial charge on any atom is 0.0564 e. The molecule has 59 valence electrons. The zero-order valence-electron chi connectivity index (χ0n) is 6.56. The van der Waals surface area contributed by atoms with Gasteiger partial charge in [0.2, 0.25) is 0 Å². The third-order valence-corrected chi connectivity index (χ3v) is 1.64. The van der Waals surface area contributed by atoms with Crippen molar-refractivity contribution in [2.75, 3.05) is 26.4 Å². The Morgan fingerprint density at radius 3 is 2.70 bits per heavy atom. The van der Waals surface area contributed by atoms with Crippen LogP contribution in [0.5, 0.6) is 0 Å². The quantitative estimate of drug-likeness (QED) is 0.552. The van der Waals surface area contributed by atoms with Gasteiger partial charge in [0.15, 0.2) is 0 Å². The van der Waals surface area contributed by atoms with Gasteiger partial charge in [-0.1, -0.05) is 13.8 Å². The van der Waals surface area contributed by atoms with Crippen molar-refractivity contribution in [2.24, 2.45) is 5.41 Å². The van der Waals surface area contributed by atoms with Crippen molar-refractivity contribution in [2.45, 2.75) is 13.3 Å². The number of ether oxygens (including phenoxy) is 2. The molecule has 0 bridgehead atoms. The second kappa shape index (κ2) is 3.35. The summed E-state index contributed by atoms with van der Waals surface area (Å²) in [6.45, 7) is 9.17. The van der Waals surface area contributed by atoms with Crippen LogP contribution in [-0.4, -0.2) is 26.4 Å². The first-order valence-corrected chi connectivity index (χ1v) is 3.72. The monoisotopic (exact) mass is 143 g/mol. The number of rotatable bonds is 4. The van der Waals surface area contributed by atoms with E-state index in [1.54, 1.807) is 0 Å². The largest absolute Gasteiger partial charge is 0.381 e. The van der Waals surface area contributed by atoms with Crippen LogP contribution in [0.1, 0.15) is 13.3 Å². The number of hydrogen-bond acceptors (Lipinski definition) is 2. The summed E-state index contributed by atoms with van der Waals surface area (Å²) >= 11 is 0. The fourth-order valence-corrected chi connectivity index (χ4v) is 0.954. The first-order chi connectivity index (χ1) is 4.77. The van der Waals surface area contributed by atoms with E-state index in [0.717, 1.165) is 32.8 Å². The Hall–Kier alpha value is -0.0800. The summed E-state index contributed by atoms with van der Waals surface area (Å²) in [4.78, 5) is 0. The van der Waals surface area contributed by atoms with Crippen LogP contribution in [0.3, 0.4) is 0 Å². The highest BCUT2D eigenvalue weighted by Crippen LogP contribution is 2.26. The fourth-order valence-electron chi connectivity index (χ4n) is 0.954. The molecule has 0 amide bonds. The average molecular weight is 143 g/mol. The summed E-state index contributed by atoms with van der Waals surface area (Å²) < 4.78 is 10.4. The topological polar surface area (TPSA) is 18.5 Å². The second-order valence-electron chi connectivity index (χ2n) is 3.21. The van der Waals surface area contributed by atoms with Crippen molar-refractivity contribution in [1.82, 2.24) is 0 Å². The van der Waals surface area contributed by atoms with Gasteiger partial charge in [0, 0.05) is 12.0 Å². The fraction of sp³-hybridized carbons (Fsp3) is 0.875. The smallest absolute Gasteiger partial charge is 0.0564 e. The van der Waals surface area contributed by atoms with Crippen LogP contribution in [0.15, 0.2) is 0 Å². The second-order valence-corrected chi connectivity index (χ2v) is 3.21. The van der Waals surface area contributed by atoms with Crippen molar-refractivity contribution in [3.05, 3.63) is 6.92 Å². The van der Waals surface area contributed by atoms with E-state index in [4.69, 9.17) is 9.47 Å². The molecule has 0 N–H and O–H groups in total. The molecule has 0 aromatic rings. The maximum absolute atomic E-state index is 5.35. The molecular formula is C8H15O2. The molecule has 2 nitrogen and oxygen atoms in total. The molecule has 1 rings (SSSR count). The van der Waals surface area contributed by atoms with Crippen LogP contribution in [-0.2, 0) is 9.47 Å². The molecule has 10 heavy (non-hydrogen) atoms. The van der Waals surface area contributed by atoms with Gasteiger partial charge in [-0.3, -0.25) is 0 Å². The Morgan fingerprint density at radius 2 is 2.30 bits per heavy atom. The zero-order chi connectivity index (χ0) is 7.45. The van der Waals surface area contributed by atoms with Crippen LogP contribution >= 0.6 is 0 Å². The van der Waals surface area contributed by atoms with Crippen molar-refractivity contribution in [1.29, 1.82) is 0 Å². The van der Waals surface area contributed by atoms with Crippen LogP contribution in [0.4, 0.5) is 0 Å². The molecule has 2 heteroatoms. The first-order valence-electron chi connectivity index (χ1n) is 3.72. The zero-order valence-corrected chi connectivity index (χ0v) is 6.56. The summed E-state index contributed by atoms with van der Waals surface area (Å²) in [5.74, 6) is 0. The molecule has 0 saturated carbocycles. The van der Waals surface area contributed by atoms with E-state index in [-0.39, 0.29) is 0 Å². The summed E-state index contributed by atoms with van der Waals surface area (Å²) in [5.41, 5.74) is 0.301. The van der Waals surface area contributed by atoms with E-state index < -0.39 is 0 Å². The highest BCUT2D eigenvalue weighted by atomic mass is 16.5. The summed E-state index contributed by atoms with van der Waals surface area (Å²) in [6.07, 6.45) is 0.858. The molecule has 1 heterocycles. The van der Waals surface area contributed by atoms with Gasteiger partial charge in [-0.05, 0) is 6.42 Å². The highest BCUT2D eigenvalue weighted by Gasteiger charge is 2.33. The highest BCUT2D eigenvalue weighted by molar-refractivity contribution is 4.79. The van der Waals surface area contributed by atoms with E-state index in [2.05, 4.69) is 13.8 Å². The SMILES string of the molecule is [CH2]CCOCC1(C)COC1. The lowest BCUT2D eigenvalue weighted by molar-refractivity contribution is -0.137. The standard InChI is InChI=1S/C8H15O2/c1-3-4-9-5-8(2)6-10-7-8/h1,3-7H2,2H3. The lowest BCUT2D eigenvalue weighted by Gasteiger charge is -2.37. The minimum atomic E-state index is 0.301. The predicted octanol–water partition coefficient (Wildman–Crippen LogP) is 1.26. The van der Waals surface area contributed by atoms with E-state index in [9.17, 15) is 0 Å². The normalized spacial score (nSPS) is 22.2. The van der Waals surface area contributed by atoms with Crippen LogP contribution in [0.2, 0.25) is 0 Å². The summed E-state index contributed by atoms with van der Waals surface area (Å²) in [6, 6.07) is 0. The number of hydrogen-bond donors (Lipinski definition) is 0. The molecule has 0 unspecified atom stereocenters. The van der Waals surface area contributed by atoms with Crippen molar-refractivity contribution in [3.63, 3.8) is 0 Å².